The van der Waals surface area contributed by atoms with Crippen molar-refractivity contribution in [1.82, 2.24) is 10.2 Å². The van der Waals surface area contributed by atoms with Crippen LogP contribution >= 0.6 is 23.5 Å². The summed E-state index contributed by atoms with van der Waals surface area (Å²) >= 11 is 4.02. The zero-order valence-electron chi connectivity index (χ0n) is 18.9. The van der Waals surface area contributed by atoms with Crippen LogP contribution in [0.1, 0.15) is 47.5 Å². The highest BCUT2D eigenvalue weighted by Gasteiger charge is 2.17. The number of nitrogens with one attached hydrogen (secondary N) is 1. The molecule has 0 aromatic heterocycles. The normalized spacial score (nSPS) is 20.1. The number of nitrogens with zero attached hydrogens (tertiary/aromatic N) is 1. The van der Waals surface area contributed by atoms with Gasteiger partial charge in [-0.1, -0.05) is 43.3 Å². The zero-order valence-corrected chi connectivity index (χ0v) is 20.6. The molecule has 4 nitrogen and oxygen atoms in total. The van der Waals surface area contributed by atoms with Gasteiger partial charge in [0.15, 0.2) is 6.61 Å². The van der Waals surface area contributed by atoms with Crippen molar-refractivity contribution >= 4 is 29.4 Å². The quantitative estimate of drug-likeness (QED) is 0.553. The molecular formula is C26H34N2O2S2. The Bertz CT molecular complexity index is 851. The van der Waals surface area contributed by atoms with E-state index in [4.69, 9.17) is 4.74 Å². The minimum atomic E-state index is -0.0983. The van der Waals surface area contributed by atoms with E-state index in [1.165, 1.54) is 55.0 Å². The highest BCUT2D eigenvalue weighted by Crippen LogP contribution is 2.43. The van der Waals surface area contributed by atoms with Crippen molar-refractivity contribution in [3.63, 3.8) is 0 Å². The molecular weight excluding hydrogens is 436 g/mol. The second-order valence-corrected chi connectivity index (χ2v) is 11.6. The molecule has 1 unspecified atom stereocenters. The third kappa shape index (κ3) is 7.19. The molecule has 0 spiro atoms. The second kappa shape index (κ2) is 12.0. The highest BCUT2D eigenvalue weighted by molar-refractivity contribution is 8.16. The molecule has 172 valence electrons. The molecule has 1 N–H and O–H groups in total. The number of hydrogen-bond donors (Lipinski definition) is 1. The van der Waals surface area contributed by atoms with Crippen molar-refractivity contribution in [2.24, 2.45) is 5.92 Å². The third-order valence-electron chi connectivity index (χ3n) is 6.01. The van der Waals surface area contributed by atoms with Gasteiger partial charge in [0.25, 0.3) is 5.91 Å². The van der Waals surface area contributed by atoms with Crippen LogP contribution in [0, 0.1) is 5.92 Å². The fourth-order valence-corrected chi connectivity index (χ4v) is 7.15. The standard InChI is InChI=1S/C26H34N2O2S2/c1-20-4-2-13-28(17-20)18-22-7-5-21(6-8-22)16-27-25(29)19-30-24-11-9-23(10-12-24)26-31-14-3-15-32-26/h5-12,20,26H,2-4,13-19H2,1H3,(H,27,29). The van der Waals surface area contributed by atoms with Gasteiger partial charge in [-0.2, -0.15) is 0 Å². The number of rotatable bonds is 8. The van der Waals surface area contributed by atoms with Crippen molar-refractivity contribution in [3.05, 3.63) is 65.2 Å². The average Bonchev–Trinajstić information content (AvgIpc) is 2.83. The second-order valence-electron chi connectivity index (χ2n) is 8.86. The van der Waals surface area contributed by atoms with E-state index in [2.05, 4.69) is 53.5 Å². The summed E-state index contributed by atoms with van der Waals surface area (Å²) in [6, 6.07) is 16.8. The Balaban J connectivity index is 1.17. The Morgan fingerprint density at radius 2 is 1.75 bits per heavy atom. The molecule has 4 rings (SSSR count). The molecule has 2 saturated heterocycles. The van der Waals surface area contributed by atoms with Crippen LogP contribution in [0.25, 0.3) is 0 Å². The number of hydrogen-bond acceptors (Lipinski definition) is 5. The van der Waals surface area contributed by atoms with Crippen LogP contribution in [-0.2, 0) is 17.9 Å². The summed E-state index contributed by atoms with van der Waals surface area (Å²) < 4.78 is 6.20. The molecule has 2 aromatic rings. The number of likely N-dealkylation sites (tertiary alicyclic amines) is 1. The maximum Gasteiger partial charge on any atom is 0.258 e. The predicted molar refractivity (Wildman–Crippen MR) is 136 cm³/mol. The van der Waals surface area contributed by atoms with Gasteiger partial charge >= 0.3 is 0 Å². The van der Waals surface area contributed by atoms with Gasteiger partial charge in [-0.25, -0.2) is 0 Å². The van der Waals surface area contributed by atoms with Gasteiger partial charge in [0.1, 0.15) is 5.75 Å². The topological polar surface area (TPSA) is 41.6 Å². The maximum absolute atomic E-state index is 12.2. The molecule has 0 saturated carbocycles. The van der Waals surface area contributed by atoms with Crippen molar-refractivity contribution in [2.75, 3.05) is 31.2 Å². The van der Waals surface area contributed by atoms with Crippen LogP contribution in [0.15, 0.2) is 48.5 Å². The Hall–Kier alpha value is -1.63. The fourth-order valence-electron chi connectivity index (χ4n) is 4.25. The van der Waals surface area contributed by atoms with Gasteiger partial charge in [-0.05, 0) is 72.1 Å². The zero-order chi connectivity index (χ0) is 22.2. The molecule has 1 atom stereocenters. The summed E-state index contributed by atoms with van der Waals surface area (Å²) in [5.41, 5.74) is 3.78. The number of amides is 1. The van der Waals surface area contributed by atoms with Crippen molar-refractivity contribution < 1.29 is 9.53 Å². The van der Waals surface area contributed by atoms with Gasteiger partial charge < -0.3 is 10.1 Å². The monoisotopic (exact) mass is 470 g/mol. The van der Waals surface area contributed by atoms with E-state index in [1.807, 2.05) is 35.7 Å². The van der Waals surface area contributed by atoms with E-state index in [0.717, 1.165) is 23.8 Å². The summed E-state index contributed by atoms with van der Waals surface area (Å²) in [4.78, 5) is 14.8. The summed E-state index contributed by atoms with van der Waals surface area (Å²) in [6.07, 6.45) is 3.95. The lowest BCUT2D eigenvalue weighted by atomic mass is 9.99. The van der Waals surface area contributed by atoms with Crippen LogP contribution in [0.2, 0.25) is 0 Å². The smallest absolute Gasteiger partial charge is 0.258 e. The molecule has 6 heteroatoms. The lowest BCUT2D eigenvalue weighted by Crippen LogP contribution is -2.33. The van der Waals surface area contributed by atoms with E-state index in [-0.39, 0.29) is 12.5 Å². The molecule has 32 heavy (non-hydrogen) atoms. The lowest BCUT2D eigenvalue weighted by molar-refractivity contribution is -0.123. The molecule has 0 radical (unpaired) electrons. The molecule has 2 aliphatic rings. The minimum absolute atomic E-state index is 0.0392. The van der Waals surface area contributed by atoms with Crippen LogP contribution in [0.4, 0.5) is 0 Å². The van der Waals surface area contributed by atoms with Crippen LogP contribution in [0.3, 0.4) is 0 Å². The number of carbonyl (C=O) groups excluding carboxylic acids is 1. The van der Waals surface area contributed by atoms with E-state index in [1.54, 1.807) is 0 Å². The number of piperidine rings is 1. The number of ether oxygens (including phenoxy) is 1. The highest BCUT2D eigenvalue weighted by atomic mass is 32.2. The molecule has 2 aromatic carbocycles. The minimum Gasteiger partial charge on any atom is -0.484 e. The first-order chi connectivity index (χ1) is 15.7. The first kappa shape index (κ1) is 23.5. The Morgan fingerprint density at radius 3 is 2.47 bits per heavy atom. The van der Waals surface area contributed by atoms with Crippen molar-refractivity contribution in [3.8, 4) is 5.75 Å². The van der Waals surface area contributed by atoms with E-state index < -0.39 is 0 Å². The predicted octanol–water partition coefficient (Wildman–Crippen LogP) is 5.48. The molecule has 2 fully saturated rings. The molecule has 2 heterocycles. The van der Waals surface area contributed by atoms with Crippen molar-refractivity contribution in [1.29, 1.82) is 0 Å². The first-order valence-electron chi connectivity index (χ1n) is 11.7. The van der Waals surface area contributed by atoms with Crippen molar-refractivity contribution in [2.45, 2.75) is 43.9 Å². The van der Waals surface area contributed by atoms with Crippen LogP contribution < -0.4 is 10.1 Å². The SMILES string of the molecule is CC1CCCN(Cc2ccc(CNC(=O)COc3ccc(C4SCCCS4)cc3)cc2)C1. The van der Waals surface area contributed by atoms with Gasteiger partial charge in [-0.3, -0.25) is 9.69 Å². The summed E-state index contributed by atoms with van der Waals surface area (Å²) in [7, 11) is 0. The Kier molecular flexibility index (Phi) is 8.83. The Morgan fingerprint density at radius 1 is 1.03 bits per heavy atom. The van der Waals surface area contributed by atoms with Gasteiger partial charge in [0.05, 0.1) is 4.58 Å². The van der Waals surface area contributed by atoms with Gasteiger partial charge in [0.2, 0.25) is 0 Å². The maximum atomic E-state index is 12.2. The molecule has 0 bridgehead atoms. The number of thioether (sulfide) groups is 2. The Labute approximate surface area is 200 Å². The number of benzene rings is 2. The van der Waals surface area contributed by atoms with Gasteiger partial charge in [-0.15, -0.1) is 23.5 Å². The lowest BCUT2D eigenvalue weighted by Gasteiger charge is -2.30. The number of carbonyl (C=O) groups is 1. The van der Waals surface area contributed by atoms with Gasteiger partial charge in [0, 0.05) is 19.6 Å². The third-order valence-corrected chi connectivity index (χ3v) is 9.02. The largest absolute Gasteiger partial charge is 0.484 e. The average molecular weight is 471 g/mol. The van der Waals surface area contributed by atoms with E-state index >= 15 is 0 Å². The molecule has 1 amide bonds. The summed E-state index contributed by atoms with van der Waals surface area (Å²) in [6.45, 7) is 6.31. The fraction of sp³-hybridized carbons (Fsp3) is 0.500. The van der Waals surface area contributed by atoms with E-state index in [9.17, 15) is 4.79 Å². The van der Waals surface area contributed by atoms with Crippen LogP contribution in [-0.4, -0.2) is 42.0 Å². The molecule has 2 aliphatic heterocycles. The molecule has 0 aliphatic carbocycles. The van der Waals surface area contributed by atoms with E-state index in [0.29, 0.717) is 11.1 Å². The van der Waals surface area contributed by atoms with Crippen LogP contribution in [0.5, 0.6) is 5.75 Å². The first-order valence-corrected chi connectivity index (χ1v) is 13.8. The summed E-state index contributed by atoms with van der Waals surface area (Å²) in [5, 5.41) is 2.96. The summed E-state index contributed by atoms with van der Waals surface area (Å²) in [5.74, 6) is 3.91.